The highest BCUT2D eigenvalue weighted by Crippen LogP contribution is 2.14. The van der Waals surface area contributed by atoms with Crippen LogP contribution in [0.25, 0.3) is 0 Å². The number of thiazole rings is 1. The summed E-state index contributed by atoms with van der Waals surface area (Å²) in [6, 6.07) is 10.2. The first-order chi connectivity index (χ1) is 6.86. The summed E-state index contributed by atoms with van der Waals surface area (Å²) >= 11 is 1.70. The Hall–Kier alpha value is -1.35. The number of hydrogen-bond donors (Lipinski definition) is 1. The standard InChI is InChI=1S/C11H12N2S/c1-9-11(14-8-13-9)7-12-10-5-3-2-4-6-10/h2-6,8,12H,7H2,1H3. The highest BCUT2D eigenvalue weighted by atomic mass is 32.1. The van der Waals surface area contributed by atoms with Crippen LogP contribution in [0, 0.1) is 6.92 Å². The Bertz CT molecular complexity index is 395. The minimum absolute atomic E-state index is 0.862. The lowest BCUT2D eigenvalue weighted by molar-refractivity contribution is 1.12. The van der Waals surface area contributed by atoms with Gasteiger partial charge >= 0.3 is 0 Å². The van der Waals surface area contributed by atoms with Crippen molar-refractivity contribution in [3.63, 3.8) is 0 Å². The molecule has 0 aliphatic rings. The van der Waals surface area contributed by atoms with E-state index in [1.807, 2.05) is 30.6 Å². The van der Waals surface area contributed by atoms with Crippen molar-refractivity contribution in [3.8, 4) is 0 Å². The number of aromatic nitrogens is 1. The molecule has 2 aromatic rings. The average Bonchev–Trinajstić information content (AvgIpc) is 2.63. The van der Waals surface area contributed by atoms with E-state index >= 15 is 0 Å². The van der Waals surface area contributed by atoms with Crippen LogP contribution in [0.5, 0.6) is 0 Å². The van der Waals surface area contributed by atoms with Gasteiger partial charge in [0.1, 0.15) is 0 Å². The summed E-state index contributed by atoms with van der Waals surface area (Å²) in [5.41, 5.74) is 4.16. The SMILES string of the molecule is Cc1ncsc1CNc1ccccc1. The number of benzene rings is 1. The number of hydrogen-bond acceptors (Lipinski definition) is 3. The molecule has 0 aliphatic carbocycles. The third-order valence-electron chi connectivity index (χ3n) is 2.07. The fourth-order valence-corrected chi connectivity index (χ4v) is 1.95. The summed E-state index contributed by atoms with van der Waals surface area (Å²) in [7, 11) is 0. The smallest absolute Gasteiger partial charge is 0.0798 e. The summed E-state index contributed by atoms with van der Waals surface area (Å²) < 4.78 is 0. The first kappa shape index (κ1) is 9.21. The number of para-hydroxylation sites is 1. The Morgan fingerprint density at radius 3 is 2.71 bits per heavy atom. The molecule has 0 unspecified atom stereocenters. The van der Waals surface area contributed by atoms with Crippen LogP contribution in [0.4, 0.5) is 5.69 Å². The van der Waals surface area contributed by atoms with Gasteiger partial charge in [-0.3, -0.25) is 0 Å². The van der Waals surface area contributed by atoms with Gasteiger partial charge in [-0.15, -0.1) is 11.3 Å². The second-order valence-electron chi connectivity index (χ2n) is 3.08. The molecule has 0 saturated heterocycles. The van der Waals surface area contributed by atoms with Crippen LogP contribution in [-0.2, 0) is 6.54 Å². The Labute approximate surface area is 87.6 Å². The van der Waals surface area contributed by atoms with Gasteiger partial charge in [-0.05, 0) is 19.1 Å². The largest absolute Gasteiger partial charge is 0.380 e. The lowest BCUT2D eigenvalue weighted by Gasteiger charge is -2.04. The second-order valence-corrected chi connectivity index (χ2v) is 4.02. The van der Waals surface area contributed by atoms with Crippen molar-refractivity contribution in [2.45, 2.75) is 13.5 Å². The molecule has 0 amide bonds. The van der Waals surface area contributed by atoms with Crippen molar-refractivity contribution in [2.24, 2.45) is 0 Å². The van der Waals surface area contributed by atoms with Crippen LogP contribution in [0.2, 0.25) is 0 Å². The van der Waals surface area contributed by atoms with E-state index in [1.165, 1.54) is 4.88 Å². The third kappa shape index (κ3) is 2.12. The van der Waals surface area contributed by atoms with Gasteiger partial charge in [0.05, 0.1) is 17.7 Å². The van der Waals surface area contributed by atoms with Crippen LogP contribution in [0.15, 0.2) is 35.8 Å². The zero-order valence-corrected chi connectivity index (χ0v) is 8.84. The number of nitrogens with one attached hydrogen (secondary N) is 1. The van der Waals surface area contributed by atoms with Gasteiger partial charge in [0, 0.05) is 10.6 Å². The predicted octanol–water partition coefficient (Wildman–Crippen LogP) is 3.06. The molecule has 72 valence electrons. The van der Waals surface area contributed by atoms with Gasteiger partial charge in [0.15, 0.2) is 0 Å². The van der Waals surface area contributed by atoms with Gasteiger partial charge in [0.25, 0.3) is 0 Å². The quantitative estimate of drug-likeness (QED) is 0.831. The van der Waals surface area contributed by atoms with E-state index in [0.717, 1.165) is 17.9 Å². The molecule has 0 atom stereocenters. The highest BCUT2D eigenvalue weighted by Gasteiger charge is 1.99. The predicted molar refractivity (Wildman–Crippen MR) is 60.6 cm³/mol. The summed E-state index contributed by atoms with van der Waals surface area (Å²) in [6.45, 7) is 2.90. The second kappa shape index (κ2) is 4.24. The number of anilines is 1. The molecule has 2 rings (SSSR count). The normalized spacial score (nSPS) is 10.1. The topological polar surface area (TPSA) is 24.9 Å². The molecule has 0 radical (unpaired) electrons. The van der Waals surface area contributed by atoms with Gasteiger partial charge in [-0.25, -0.2) is 4.98 Å². The molecule has 0 bridgehead atoms. The molecule has 0 fully saturated rings. The first-order valence-corrected chi connectivity index (χ1v) is 5.42. The number of nitrogens with zero attached hydrogens (tertiary/aromatic N) is 1. The van der Waals surface area contributed by atoms with Crippen molar-refractivity contribution in [3.05, 3.63) is 46.4 Å². The van der Waals surface area contributed by atoms with Gasteiger partial charge in [0.2, 0.25) is 0 Å². The zero-order valence-electron chi connectivity index (χ0n) is 8.03. The van der Waals surface area contributed by atoms with Crippen LogP contribution in [-0.4, -0.2) is 4.98 Å². The lowest BCUT2D eigenvalue weighted by atomic mass is 10.3. The molecule has 3 heteroatoms. The van der Waals surface area contributed by atoms with Crippen molar-refractivity contribution < 1.29 is 0 Å². The summed E-state index contributed by atoms with van der Waals surface area (Å²) in [6.07, 6.45) is 0. The minimum Gasteiger partial charge on any atom is -0.380 e. The van der Waals surface area contributed by atoms with E-state index in [4.69, 9.17) is 0 Å². The maximum absolute atomic E-state index is 4.21. The van der Waals surface area contributed by atoms with E-state index in [2.05, 4.69) is 22.4 Å². The Morgan fingerprint density at radius 1 is 1.29 bits per heavy atom. The number of rotatable bonds is 3. The van der Waals surface area contributed by atoms with Crippen molar-refractivity contribution in [1.29, 1.82) is 0 Å². The molecule has 1 aromatic heterocycles. The first-order valence-electron chi connectivity index (χ1n) is 4.54. The Kier molecular flexibility index (Phi) is 2.79. The zero-order chi connectivity index (χ0) is 9.80. The van der Waals surface area contributed by atoms with Crippen LogP contribution in [0.3, 0.4) is 0 Å². The fourth-order valence-electron chi connectivity index (χ4n) is 1.23. The molecule has 1 N–H and O–H groups in total. The van der Waals surface area contributed by atoms with Crippen LogP contribution < -0.4 is 5.32 Å². The molecule has 1 heterocycles. The maximum atomic E-state index is 4.21. The third-order valence-corrected chi connectivity index (χ3v) is 3.01. The van der Waals surface area contributed by atoms with Crippen molar-refractivity contribution in [1.82, 2.24) is 4.98 Å². The monoisotopic (exact) mass is 204 g/mol. The molecular weight excluding hydrogens is 192 g/mol. The van der Waals surface area contributed by atoms with Gasteiger partial charge < -0.3 is 5.32 Å². The molecule has 0 spiro atoms. The molecule has 2 nitrogen and oxygen atoms in total. The fraction of sp³-hybridized carbons (Fsp3) is 0.182. The average molecular weight is 204 g/mol. The minimum atomic E-state index is 0.862. The summed E-state index contributed by atoms with van der Waals surface area (Å²) in [5, 5.41) is 3.36. The lowest BCUT2D eigenvalue weighted by Crippen LogP contribution is -1.98. The highest BCUT2D eigenvalue weighted by molar-refractivity contribution is 7.09. The summed E-state index contributed by atoms with van der Waals surface area (Å²) in [4.78, 5) is 5.51. The molecular formula is C11H12N2S. The van der Waals surface area contributed by atoms with E-state index in [-0.39, 0.29) is 0 Å². The van der Waals surface area contributed by atoms with Crippen LogP contribution in [0.1, 0.15) is 10.6 Å². The van der Waals surface area contributed by atoms with Gasteiger partial charge in [-0.1, -0.05) is 18.2 Å². The molecule has 0 saturated carbocycles. The molecule has 0 aliphatic heterocycles. The van der Waals surface area contributed by atoms with Crippen molar-refractivity contribution in [2.75, 3.05) is 5.32 Å². The van der Waals surface area contributed by atoms with E-state index in [9.17, 15) is 0 Å². The number of aryl methyl sites for hydroxylation is 1. The van der Waals surface area contributed by atoms with Crippen molar-refractivity contribution >= 4 is 17.0 Å². The Morgan fingerprint density at radius 2 is 2.07 bits per heavy atom. The van der Waals surface area contributed by atoms with E-state index in [1.54, 1.807) is 11.3 Å². The summed E-state index contributed by atoms with van der Waals surface area (Å²) in [5.74, 6) is 0. The van der Waals surface area contributed by atoms with Gasteiger partial charge in [-0.2, -0.15) is 0 Å². The van der Waals surface area contributed by atoms with E-state index < -0.39 is 0 Å². The Balaban J connectivity index is 1.99. The molecule has 1 aromatic carbocycles. The maximum Gasteiger partial charge on any atom is 0.0798 e. The van der Waals surface area contributed by atoms with Crippen LogP contribution >= 0.6 is 11.3 Å². The molecule has 14 heavy (non-hydrogen) atoms. The van der Waals surface area contributed by atoms with E-state index in [0.29, 0.717) is 0 Å².